The Bertz CT molecular complexity index is 1360. The van der Waals surface area contributed by atoms with Gasteiger partial charge in [0.05, 0.1) is 4.90 Å². The van der Waals surface area contributed by atoms with Gasteiger partial charge in [0.1, 0.15) is 17.7 Å². The molecule has 2 atom stereocenters. The number of sulfonamides is 1. The predicted octanol–water partition coefficient (Wildman–Crippen LogP) is 3.18. The second-order valence-electron chi connectivity index (χ2n) is 7.48. The molecule has 0 aromatic heterocycles. The van der Waals surface area contributed by atoms with E-state index in [1.807, 2.05) is 0 Å². The molecule has 1 aliphatic rings. The predicted molar refractivity (Wildman–Crippen MR) is 123 cm³/mol. The molecule has 10 heteroatoms. The van der Waals surface area contributed by atoms with Crippen molar-refractivity contribution in [3.05, 3.63) is 95.8 Å². The summed E-state index contributed by atoms with van der Waals surface area (Å²) in [5.74, 6) is -1.91. The fraction of sp³-hybridized carbons (Fsp3) is 0.125. The molecule has 0 saturated heterocycles. The van der Waals surface area contributed by atoms with Crippen molar-refractivity contribution in [1.82, 2.24) is 4.72 Å². The summed E-state index contributed by atoms with van der Waals surface area (Å²) in [6, 6.07) is 18.7. The Labute approximate surface area is 195 Å². The minimum atomic E-state index is -3.77. The molecule has 0 saturated carbocycles. The van der Waals surface area contributed by atoms with E-state index in [0.717, 1.165) is 0 Å². The van der Waals surface area contributed by atoms with Gasteiger partial charge >= 0.3 is 5.97 Å². The van der Waals surface area contributed by atoms with Gasteiger partial charge in [-0.2, -0.15) is 0 Å². The number of halogens is 1. The summed E-state index contributed by atoms with van der Waals surface area (Å²) >= 11 is 0. The van der Waals surface area contributed by atoms with Crippen LogP contribution in [-0.2, 0) is 24.3 Å². The molecular formula is C24H20FN3O5S. The number of nitrogens with zero attached hydrogens (tertiary/aromatic N) is 1. The molecule has 0 unspecified atom stereocenters. The van der Waals surface area contributed by atoms with E-state index in [4.69, 9.17) is 4.74 Å². The Hall–Kier alpha value is -4.05. The standard InChI is InChI=1S/C24H20FN3O5S/c1-15(26-22-19-9-5-6-10-20(19)34(31,32)28-22)24(30)33-21(16-7-3-2-4-8-16)23(29)27-18-13-11-17(25)12-14-18/h2-15,21H,1H3,(H,26,28)(H,27,29)/t15-,21-/m0/s1. The topological polar surface area (TPSA) is 114 Å². The van der Waals surface area contributed by atoms with Crippen LogP contribution < -0.4 is 10.0 Å². The van der Waals surface area contributed by atoms with E-state index in [0.29, 0.717) is 16.8 Å². The van der Waals surface area contributed by atoms with Gasteiger partial charge in [-0.25, -0.2) is 17.6 Å². The van der Waals surface area contributed by atoms with Crippen molar-refractivity contribution >= 4 is 33.4 Å². The van der Waals surface area contributed by atoms with Crippen LogP contribution in [0.5, 0.6) is 0 Å². The van der Waals surface area contributed by atoms with Crippen LogP contribution in [0.15, 0.2) is 88.8 Å². The number of hydrogen-bond donors (Lipinski definition) is 2. The van der Waals surface area contributed by atoms with E-state index in [-0.39, 0.29) is 10.7 Å². The zero-order valence-corrected chi connectivity index (χ0v) is 18.8. The van der Waals surface area contributed by atoms with Crippen molar-refractivity contribution in [3.8, 4) is 0 Å². The van der Waals surface area contributed by atoms with Gasteiger partial charge in [0.25, 0.3) is 15.9 Å². The summed E-state index contributed by atoms with van der Waals surface area (Å²) in [6.45, 7) is 1.44. The summed E-state index contributed by atoms with van der Waals surface area (Å²) in [6.07, 6.45) is -1.31. The number of nitrogens with one attached hydrogen (secondary N) is 2. The maximum absolute atomic E-state index is 13.2. The molecule has 0 aliphatic carbocycles. The maximum Gasteiger partial charge on any atom is 0.331 e. The van der Waals surface area contributed by atoms with Crippen molar-refractivity contribution in [1.29, 1.82) is 0 Å². The SMILES string of the molecule is C[C@H](N=C1NS(=O)(=O)c2ccccc21)C(=O)O[C@H](C(=O)Nc1ccc(F)cc1)c1ccccc1. The van der Waals surface area contributed by atoms with Gasteiger partial charge in [-0.05, 0) is 43.3 Å². The Balaban J connectivity index is 1.55. The first-order valence-electron chi connectivity index (χ1n) is 10.3. The van der Waals surface area contributed by atoms with Gasteiger partial charge in [0.15, 0.2) is 0 Å². The highest BCUT2D eigenvalue weighted by Gasteiger charge is 2.32. The average molecular weight is 482 g/mol. The Morgan fingerprint density at radius 2 is 1.62 bits per heavy atom. The summed E-state index contributed by atoms with van der Waals surface area (Å²) < 4.78 is 45.6. The minimum Gasteiger partial charge on any atom is -0.446 e. The summed E-state index contributed by atoms with van der Waals surface area (Å²) in [5.41, 5.74) is 1.09. The molecule has 0 spiro atoms. The van der Waals surface area contributed by atoms with E-state index in [9.17, 15) is 22.4 Å². The second-order valence-corrected chi connectivity index (χ2v) is 9.13. The lowest BCUT2D eigenvalue weighted by Gasteiger charge is -2.19. The minimum absolute atomic E-state index is 0.0204. The van der Waals surface area contributed by atoms with E-state index in [2.05, 4.69) is 15.0 Å². The van der Waals surface area contributed by atoms with Gasteiger partial charge in [-0.15, -0.1) is 0 Å². The fourth-order valence-electron chi connectivity index (χ4n) is 3.33. The van der Waals surface area contributed by atoms with Crippen LogP contribution in [0.3, 0.4) is 0 Å². The quantitative estimate of drug-likeness (QED) is 0.525. The molecule has 34 heavy (non-hydrogen) atoms. The Morgan fingerprint density at radius 3 is 2.32 bits per heavy atom. The zero-order chi connectivity index (χ0) is 24.3. The van der Waals surface area contributed by atoms with Crippen LogP contribution in [0.25, 0.3) is 0 Å². The van der Waals surface area contributed by atoms with E-state index in [1.165, 1.54) is 37.3 Å². The lowest BCUT2D eigenvalue weighted by Crippen LogP contribution is -2.31. The first kappa shape index (κ1) is 23.1. The Morgan fingerprint density at radius 1 is 0.971 bits per heavy atom. The number of amidine groups is 1. The molecule has 0 bridgehead atoms. The molecular weight excluding hydrogens is 461 g/mol. The van der Waals surface area contributed by atoms with E-state index < -0.39 is 39.9 Å². The highest BCUT2D eigenvalue weighted by molar-refractivity contribution is 7.90. The smallest absolute Gasteiger partial charge is 0.331 e. The molecule has 0 radical (unpaired) electrons. The molecule has 0 fully saturated rings. The number of fused-ring (bicyclic) bond motifs is 1. The normalized spacial score (nSPS) is 16.7. The van der Waals surface area contributed by atoms with Crippen LogP contribution in [-0.4, -0.2) is 32.2 Å². The monoisotopic (exact) mass is 481 g/mol. The summed E-state index contributed by atoms with van der Waals surface area (Å²) in [7, 11) is -3.77. The third kappa shape index (κ3) is 4.96. The number of amides is 1. The highest BCUT2D eigenvalue weighted by Crippen LogP contribution is 2.24. The van der Waals surface area contributed by atoms with Gasteiger partial charge < -0.3 is 10.1 Å². The lowest BCUT2D eigenvalue weighted by molar-refractivity contribution is -0.155. The van der Waals surface area contributed by atoms with E-state index >= 15 is 0 Å². The average Bonchev–Trinajstić information content (AvgIpc) is 3.09. The number of aliphatic imine (C=N–C) groups is 1. The van der Waals surface area contributed by atoms with Gasteiger partial charge in [-0.3, -0.25) is 14.5 Å². The molecule has 1 amide bonds. The van der Waals surface area contributed by atoms with E-state index in [1.54, 1.807) is 48.5 Å². The van der Waals surface area contributed by atoms with Gasteiger partial charge in [0.2, 0.25) is 6.10 Å². The number of benzene rings is 3. The fourth-order valence-corrected chi connectivity index (χ4v) is 4.57. The van der Waals surface area contributed by atoms with Crippen LogP contribution in [0, 0.1) is 5.82 Å². The molecule has 1 heterocycles. The highest BCUT2D eigenvalue weighted by atomic mass is 32.2. The number of esters is 1. The number of rotatable bonds is 6. The number of anilines is 1. The Kier molecular flexibility index (Phi) is 6.42. The molecule has 174 valence electrons. The van der Waals surface area contributed by atoms with Crippen LogP contribution in [0.2, 0.25) is 0 Å². The molecule has 4 rings (SSSR count). The van der Waals surface area contributed by atoms with Crippen LogP contribution in [0.1, 0.15) is 24.2 Å². The third-order valence-corrected chi connectivity index (χ3v) is 6.41. The molecule has 1 aliphatic heterocycles. The number of carbonyl (C=O) groups excluding carboxylic acids is 2. The zero-order valence-electron chi connectivity index (χ0n) is 17.9. The number of carbonyl (C=O) groups is 2. The summed E-state index contributed by atoms with van der Waals surface area (Å²) in [4.78, 5) is 30.0. The van der Waals surface area contributed by atoms with Crippen molar-refractivity contribution in [2.45, 2.75) is 24.0 Å². The maximum atomic E-state index is 13.2. The second kappa shape index (κ2) is 9.44. The lowest BCUT2D eigenvalue weighted by atomic mass is 10.1. The molecule has 2 N–H and O–H groups in total. The molecule has 8 nitrogen and oxygen atoms in total. The largest absolute Gasteiger partial charge is 0.446 e. The van der Waals surface area contributed by atoms with Crippen molar-refractivity contribution in [2.24, 2.45) is 4.99 Å². The van der Waals surface area contributed by atoms with Gasteiger partial charge in [-0.1, -0.05) is 42.5 Å². The first-order chi connectivity index (χ1) is 16.2. The summed E-state index contributed by atoms with van der Waals surface area (Å²) in [5, 5.41) is 2.60. The molecule has 3 aromatic rings. The van der Waals surface area contributed by atoms with Crippen molar-refractivity contribution in [2.75, 3.05) is 5.32 Å². The first-order valence-corrected chi connectivity index (χ1v) is 11.7. The van der Waals surface area contributed by atoms with Crippen molar-refractivity contribution in [3.63, 3.8) is 0 Å². The van der Waals surface area contributed by atoms with Crippen LogP contribution in [0.4, 0.5) is 10.1 Å². The van der Waals surface area contributed by atoms with Gasteiger partial charge in [0, 0.05) is 16.8 Å². The number of hydrogen-bond acceptors (Lipinski definition) is 6. The third-order valence-electron chi connectivity index (χ3n) is 5.01. The molecule has 3 aromatic carbocycles. The van der Waals surface area contributed by atoms with Crippen LogP contribution >= 0.6 is 0 Å². The number of ether oxygens (including phenoxy) is 1. The van der Waals surface area contributed by atoms with Crippen molar-refractivity contribution < 1.29 is 27.1 Å².